The van der Waals surface area contributed by atoms with Crippen LogP contribution < -0.4 is 5.32 Å². The Morgan fingerprint density at radius 2 is 1.76 bits per heavy atom. The number of thiophene rings is 1. The predicted molar refractivity (Wildman–Crippen MR) is 139 cm³/mol. The monoisotopic (exact) mass is 472 g/mol. The molecule has 0 aliphatic carbocycles. The normalized spacial score (nSPS) is 11.0. The molecule has 0 aliphatic rings. The molecular formula is C28H28N2O3S. The summed E-state index contributed by atoms with van der Waals surface area (Å²) in [6.45, 7) is 10.1. The van der Waals surface area contributed by atoms with Gasteiger partial charge in [-0.2, -0.15) is 0 Å². The lowest BCUT2D eigenvalue weighted by Crippen LogP contribution is -2.16. The molecule has 0 aliphatic heterocycles. The van der Waals surface area contributed by atoms with Crippen molar-refractivity contribution in [2.45, 2.75) is 41.0 Å². The highest BCUT2D eigenvalue weighted by Gasteiger charge is 2.24. The van der Waals surface area contributed by atoms with Crippen molar-refractivity contribution in [3.8, 4) is 11.3 Å². The summed E-state index contributed by atoms with van der Waals surface area (Å²) in [4.78, 5) is 32.1. The number of esters is 1. The van der Waals surface area contributed by atoms with Crippen LogP contribution in [-0.2, 0) is 11.2 Å². The second kappa shape index (κ2) is 9.77. The van der Waals surface area contributed by atoms with Crippen LogP contribution >= 0.6 is 11.3 Å². The molecule has 5 nitrogen and oxygen atoms in total. The van der Waals surface area contributed by atoms with E-state index in [0.29, 0.717) is 22.5 Å². The zero-order valence-electron chi connectivity index (χ0n) is 20.1. The van der Waals surface area contributed by atoms with E-state index < -0.39 is 5.97 Å². The Morgan fingerprint density at radius 3 is 2.47 bits per heavy atom. The summed E-state index contributed by atoms with van der Waals surface area (Å²) in [5.74, 6) is -0.687. The highest BCUT2D eigenvalue weighted by molar-refractivity contribution is 7.16. The molecule has 0 fully saturated rings. The highest BCUT2D eigenvalue weighted by atomic mass is 32.1. The molecule has 34 heavy (non-hydrogen) atoms. The Labute approximate surface area is 203 Å². The minimum absolute atomic E-state index is 0.276. The van der Waals surface area contributed by atoms with Crippen molar-refractivity contribution in [1.82, 2.24) is 4.98 Å². The molecule has 4 rings (SSSR count). The van der Waals surface area contributed by atoms with Gasteiger partial charge in [-0.1, -0.05) is 37.3 Å². The van der Waals surface area contributed by atoms with E-state index in [-0.39, 0.29) is 12.5 Å². The first-order valence-electron chi connectivity index (χ1n) is 11.4. The van der Waals surface area contributed by atoms with Crippen LogP contribution in [0.1, 0.15) is 56.1 Å². The van der Waals surface area contributed by atoms with Gasteiger partial charge in [0.25, 0.3) is 5.91 Å². The molecule has 0 bridgehead atoms. The van der Waals surface area contributed by atoms with Crippen LogP contribution in [0.25, 0.3) is 22.2 Å². The second-order valence-corrected chi connectivity index (χ2v) is 9.47. The van der Waals surface area contributed by atoms with Gasteiger partial charge in [-0.25, -0.2) is 9.78 Å². The molecule has 2 heterocycles. The van der Waals surface area contributed by atoms with Gasteiger partial charge in [0, 0.05) is 15.8 Å². The van der Waals surface area contributed by atoms with Gasteiger partial charge in [-0.3, -0.25) is 4.79 Å². The second-order valence-electron chi connectivity index (χ2n) is 8.24. The number of anilines is 1. The lowest BCUT2D eigenvalue weighted by atomic mass is 10.0. The first-order chi connectivity index (χ1) is 16.3. The minimum atomic E-state index is -0.408. The van der Waals surface area contributed by atoms with Crippen LogP contribution in [-0.4, -0.2) is 23.5 Å². The third-order valence-corrected chi connectivity index (χ3v) is 7.10. The maximum atomic E-state index is 13.6. The van der Waals surface area contributed by atoms with Gasteiger partial charge in [0.2, 0.25) is 0 Å². The smallest absolute Gasteiger partial charge is 0.341 e. The van der Waals surface area contributed by atoms with Crippen LogP contribution in [0, 0.1) is 20.8 Å². The summed E-state index contributed by atoms with van der Waals surface area (Å²) >= 11 is 1.40. The van der Waals surface area contributed by atoms with Crippen LogP contribution in [0.2, 0.25) is 0 Å². The number of carbonyl (C=O) groups is 2. The maximum Gasteiger partial charge on any atom is 0.341 e. The summed E-state index contributed by atoms with van der Waals surface area (Å²) in [5, 5.41) is 4.28. The van der Waals surface area contributed by atoms with Crippen molar-refractivity contribution in [2.24, 2.45) is 0 Å². The van der Waals surface area contributed by atoms with Crippen LogP contribution in [0.15, 0.2) is 48.5 Å². The van der Waals surface area contributed by atoms with Gasteiger partial charge in [-0.15, -0.1) is 11.3 Å². The molecule has 0 atom stereocenters. The number of hydrogen-bond donors (Lipinski definition) is 1. The largest absolute Gasteiger partial charge is 0.462 e. The number of nitrogens with one attached hydrogen (secondary N) is 1. The molecule has 2 aromatic heterocycles. The number of amides is 1. The summed E-state index contributed by atoms with van der Waals surface area (Å²) in [7, 11) is 0. The molecule has 0 radical (unpaired) electrons. The molecule has 0 spiro atoms. The lowest BCUT2D eigenvalue weighted by Gasteiger charge is -2.12. The number of rotatable bonds is 6. The lowest BCUT2D eigenvalue weighted by molar-refractivity contribution is 0.0527. The van der Waals surface area contributed by atoms with E-state index in [0.717, 1.165) is 32.6 Å². The van der Waals surface area contributed by atoms with Crippen molar-refractivity contribution in [1.29, 1.82) is 0 Å². The fourth-order valence-corrected chi connectivity index (χ4v) is 5.22. The molecule has 1 N–H and O–H groups in total. The van der Waals surface area contributed by atoms with Crippen molar-refractivity contribution in [3.05, 3.63) is 81.2 Å². The van der Waals surface area contributed by atoms with Crippen LogP contribution in [0.3, 0.4) is 0 Å². The molecule has 2 aromatic carbocycles. The topological polar surface area (TPSA) is 68.3 Å². The first-order valence-corrected chi connectivity index (χ1v) is 12.2. The van der Waals surface area contributed by atoms with E-state index in [1.54, 1.807) is 6.92 Å². The van der Waals surface area contributed by atoms with Gasteiger partial charge < -0.3 is 10.1 Å². The number of carbonyl (C=O) groups excluding carboxylic acids is 2. The standard InChI is InChI=1S/C28H28N2O3S/c1-6-20-18(5)34-27(25(20)28(32)33-7-2)30-26(31)22-15-24(19-13-12-16(3)17(4)14-19)29-23-11-9-8-10-21(22)23/h8-15H,6-7H2,1-5H3,(H,30,31). The van der Waals surface area contributed by atoms with E-state index >= 15 is 0 Å². The van der Waals surface area contributed by atoms with Gasteiger partial charge >= 0.3 is 5.97 Å². The minimum Gasteiger partial charge on any atom is -0.462 e. The molecule has 6 heteroatoms. The van der Waals surface area contributed by atoms with E-state index in [1.807, 2.05) is 50.2 Å². The summed E-state index contributed by atoms with van der Waals surface area (Å²) in [6, 6.07) is 15.6. The van der Waals surface area contributed by atoms with Crippen molar-refractivity contribution < 1.29 is 14.3 Å². The number of benzene rings is 2. The highest BCUT2D eigenvalue weighted by Crippen LogP contribution is 2.35. The number of aromatic nitrogens is 1. The van der Waals surface area contributed by atoms with E-state index in [4.69, 9.17) is 9.72 Å². The van der Waals surface area contributed by atoms with Crippen molar-refractivity contribution in [3.63, 3.8) is 0 Å². The molecule has 0 saturated heterocycles. The zero-order valence-corrected chi connectivity index (χ0v) is 20.9. The van der Waals surface area contributed by atoms with Gasteiger partial charge in [0.05, 0.1) is 28.9 Å². The summed E-state index contributed by atoms with van der Waals surface area (Å²) in [6.07, 6.45) is 0.682. The number of nitrogens with zero attached hydrogens (tertiary/aromatic N) is 1. The quantitative estimate of drug-likeness (QED) is 0.311. The Kier molecular flexibility index (Phi) is 6.80. The summed E-state index contributed by atoms with van der Waals surface area (Å²) in [5.41, 5.74) is 6.67. The van der Waals surface area contributed by atoms with E-state index in [9.17, 15) is 9.59 Å². The molecular weight excluding hydrogens is 444 g/mol. The Bertz CT molecular complexity index is 1400. The fraction of sp³-hybridized carbons (Fsp3) is 0.250. The van der Waals surface area contributed by atoms with Crippen molar-refractivity contribution >= 4 is 39.1 Å². The molecule has 0 unspecified atom stereocenters. The first kappa shape index (κ1) is 23.6. The molecule has 174 valence electrons. The molecule has 1 amide bonds. The molecule has 0 saturated carbocycles. The third-order valence-electron chi connectivity index (χ3n) is 6.03. The van der Waals surface area contributed by atoms with Crippen LogP contribution in [0.5, 0.6) is 0 Å². The average molecular weight is 473 g/mol. The van der Waals surface area contributed by atoms with Gasteiger partial charge in [0.1, 0.15) is 5.00 Å². The van der Waals surface area contributed by atoms with Gasteiger partial charge in [-0.05, 0) is 69.0 Å². The van der Waals surface area contributed by atoms with E-state index in [2.05, 4.69) is 31.3 Å². The zero-order chi connectivity index (χ0) is 24.4. The Hall–Kier alpha value is -3.51. The SMILES string of the molecule is CCOC(=O)c1c(NC(=O)c2cc(-c3ccc(C)c(C)c3)nc3ccccc23)sc(C)c1CC. The third kappa shape index (κ3) is 4.46. The number of fused-ring (bicyclic) bond motifs is 1. The average Bonchev–Trinajstić information content (AvgIpc) is 3.14. The Morgan fingerprint density at radius 1 is 1.00 bits per heavy atom. The number of pyridine rings is 1. The van der Waals surface area contributed by atoms with Gasteiger partial charge in [0.15, 0.2) is 0 Å². The Balaban J connectivity index is 1.81. The van der Waals surface area contributed by atoms with Crippen LogP contribution in [0.4, 0.5) is 5.00 Å². The maximum absolute atomic E-state index is 13.6. The number of para-hydroxylation sites is 1. The number of hydrogen-bond acceptors (Lipinski definition) is 5. The molecule has 4 aromatic rings. The predicted octanol–water partition coefficient (Wildman–Crippen LogP) is 6.88. The number of aryl methyl sites for hydroxylation is 3. The fourth-order valence-electron chi connectivity index (χ4n) is 4.09. The number of ether oxygens (including phenoxy) is 1. The summed E-state index contributed by atoms with van der Waals surface area (Å²) < 4.78 is 5.29. The van der Waals surface area contributed by atoms with E-state index in [1.165, 1.54) is 22.5 Å². The van der Waals surface area contributed by atoms with Crippen molar-refractivity contribution in [2.75, 3.05) is 11.9 Å².